The van der Waals surface area contributed by atoms with E-state index in [0.29, 0.717) is 30.4 Å². The number of aromatic nitrogens is 2. The van der Waals surface area contributed by atoms with Crippen molar-refractivity contribution in [3.8, 4) is 5.75 Å². The normalized spacial score (nSPS) is 11.2. The molecular formula is C42H46N4O6S2. The topological polar surface area (TPSA) is 123 Å². The van der Waals surface area contributed by atoms with E-state index in [2.05, 4.69) is 118 Å². The molecule has 1 amide bonds. The quantitative estimate of drug-likeness (QED) is 0.0481. The smallest absolute Gasteiger partial charge is 0.325 e. The number of rotatable bonds is 15. The van der Waals surface area contributed by atoms with Crippen LogP contribution in [-0.2, 0) is 34.8 Å². The Labute approximate surface area is 323 Å². The predicted molar refractivity (Wildman–Crippen MR) is 218 cm³/mol. The van der Waals surface area contributed by atoms with Crippen molar-refractivity contribution >= 4 is 51.7 Å². The average molecular weight is 767 g/mol. The van der Waals surface area contributed by atoms with Gasteiger partial charge in [-0.3, -0.25) is 13.9 Å². The number of esters is 1. The first-order chi connectivity index (χ1) is 26.4. The second-order valence-corrected chi connectivity index (χ2v) is 14.4. The molecule has 0 bridgehead atoms. The number of carbonyl (C=O) groups is 2. The number of aromatic amines is 1. The molecule has 2 aromatic heterocycles. The van der Waals surface area contributed by atoms with Crippen LogP contribution < -0.4 is 14.4 Å². The predicted octanol–water partition coefficient (Wildman–Crippen LogP) is 7.38. The molecular weight excluding hydrogens is 721 g/mol. The van der Waals surface area contributed by atoms with Gasteiger partial charge in [0.2, 0.25) is 6.41 Å². The molecule has 6 rings (SSSR count). The van der Waals surface area contributed by atoms with Crippen molar-refractivity contribution in [3.05, 3.63) is 156 Å². The molecule has 2 heterocycles. The number of anilines is 1. The monoisotopic (exact) mass is 766 g/mol. The van der Waals surface area contributed by atoms with E-state index in [-0.39, 0.29) is 11.3 Å². The molecule has 0 fully saturated rings. The zero-order valence-corrected chi connectivity index (χ0v) is 32.5. The summed E-state index contributed by atoms with van der Waals surface area (Å²) in [5.74, 6) is 1.31. The summed E-state index contributed by atoms with van der Waals surface area (Å²) in [5.41, 5.74) is 5.69. The van der Waals surface area contributed by atoms with Crippen molar-refractivity contribution < 1.29 is 28.0 Å². The largest absolute Gasteiger partial charge is 0.491 e. The fourth-order valence-corrected chi connectivity index (χ4v) is 7.85. The number of hydrogen-bond donors (Lipinski definition) is 2. The Bertz CT molecular complexity index is 1920. The molecule has 0 aliphatic heterocycles. The summed E-state index contributed by atoms with van der Waals surface area (Å²) in [6.45, 7) is 3.14. The van der Waals surface area contributed by atoms with E-state index in [1.165, 1.54) is 23.8 Å². The number of carbonyl (C=O) groups excluding carboxylic acids is 2. The summed E-state index contributed by atoms with van der Waals surface area (Å²) in [6, 6.07) is 43.6. The SMILES string of the molecule is CCSC(c1ccccc1)(c1ccccc1)c1ccccc1.COC(=O)CNC=O.COCCOc1cc(N(C)S(=O)c2ccccn2)c2[nH]ccc2c1. The second-order valence-electron chi connectivity index (χ2n) is 11.4. The van der Waals surface area contributed by atoms with Gasteiger partial charge in [-0.05, 0) is 46.7 Å². The zero-order valence-electron chi connectivity index (χ0n) is 30.8. The molecule has 4 aromatic carbocycles. The van der Waals surface area contributed by atoms with E-state index in [4.69, 9.17) is 9.47 Å². The van der Waals surface area contributed by atoms with Crippen molar-refractivity contribution in [1.82, 2.24) is 15.3 Å². The van der Waals surface area contributed by atoms with Crippen molar-refractivity contribution in [2.24, 2.45) is 0 Å². The number of H-pyrrole nitrogens is 1. The number of ether oxygens (including phenoxy) is 3. The van der Waals surface area contributed by atoms with Gasteiger partial charge in [-0.1, -0.05) is 104 Å². The van der Waals surface area contributed by atoms with Crippen LogP contribution in [0.15, 0.2) is 145 Å². The van der Waals surface area contributed by atoms with Gasteiger partial charge in [0.1, 0.15) is 23.9 Å². The Kier molecular flexibility index (Phi) is 16.8. The Balaban J connectivity index is 0.000000202. The maximum Gasteiger partial charge on any atom is 0.325 e. The molecule has 0 aliphatic carbocycles. The Morgan fingerprint density at radius 1 is 0.870 bits per heavy atom. The third-order valence-corrected chi connectivity index (χ3v) is 10.8. The fourth-order valence-electron chi connectivity index (χ4n) is 5.56. The Morgan fingerprint density at radius 2 is 1.46 bits per heavy atom. The summed E-state index contributed by atoms with van der Waals surface area (Å²) in [4.78, 5) is 27.0. The number of nitrogens with zero attached hydrogens (tertiary/aromatic N) is 2. The molecule has 1 unspecified atom stereocenters. The molecule has 0 saturated heterocycles. The van der Waals surface area contributed by atoms with Crippen LogP contribution in [0.4, 0.5) is 5.69 Å². The minimum absolute atomic E-state index is 0.0556. The standard InChI is InChI=1S/C21H20S.C17H19N3O3S.C4H7NO3/c1-2-22-21(18-12-6-3-7-13-18,19-14-8-4-9-15-19)20-16-10-5-11-17-20;1-20(24(21)16-5-3-4-7-18-16)15-12-14(23-10-9-22-2)11-13-6-8-19-17(13)15;1-8-4(7)2-5-3-6/h3-17H,2H2,1H3;3-8,11-12,19H,9-10H2,1-2H3;3H,2H2,1H3,(H,5,6). The molecule has 1 atom stereocenters. The van der Waals surface area contributed by atoms with Gasteiger partial charge in [0.15, 0.2) is 11.0 Å². The number of amides is 1. The number of thioether (sulfide) groups is 1. The minimum atomic E-state index is -1.41. The summed E-state index contributed by atoms with van der Waals surface area (Å²) >= 11 is 1.98. The molecule has 10 nitrogen and oxygen atoms in total. The van der Waals surface area contributed by atoms with Gasteiger partial charge in [0.05, 0.1) is 29.7 Å². The highest BCUT2D eigenvalue weighted by Gasteiger charge is 2.36. The van der Waals surface area contributed by atoms with Crippen LogP contribution in [0.1, 0.15) is 23.6 Å². The lowest BCUT2D eigenvalue weighted by Crippen LogP contribution is -2.25. The zero-order chi connectivity index (χ0) is 38.6. The summed E-state index contributed by atoms with van der Waals surface area (Å²) in [5, 5.41) is 3.64. The minimum Gasteiger partial charge on any atom is -0.491 e. The van der Waals surface area contributed by atoms with Crippen LogP contribution in [0.5, 0.6) is 5.75 Å². The molecule has 0 spiro atoms. The molecule has 6 aromatic rings. The first-order valence-electron chi connectivity index (χ1n) is 17.2. The lowest BCUT2D eigenvalue weighted by Gasteiger charge is -2.35. The molecule has 0 radical (unpaired) electrons. The van der Waals surface area contributed by atoms with E-state index >= 15 is 0 Å². The number of fused-ring (bicyclic) bond motifs is 1. The second kappa shape index (κ2) is 21.9. The van der Waals surface area contributed by atoms with Crippen molar-refractivity contribution in [3.63, 3.8) is 0 Å². The molecule has 282 valence electrons. The average Bonchev–Trinajstić information content (AvgIpc) is 3.72. The van der Waals surface area contributed by atoms with Crippen LogP contribution >= 0.6 is 11.8 Å². The lowest BCUT2D eigenvalue weighted by atomic mass is 9.84. The molecule has 2 N–H and O–H groups in total. The van der Waals surface area contributed by atoms with E-state index < -0.39 is 17.0 Å². The number of benzene rings is 4. The van der Waals surface area contributed by atoms with Gasteiger partial charge in [-0.2, -0.15) is 0 Å². The van der Waals surface area contributed by atoms with Gasteiger partial charge < -0.3 is 24.5 Å². The van der Waals surface area contributed by atoms with Crippen molar-refractivity contribution in [2.75, 3.05) is 51.1 Å². The number of nitrogens with one attached hydrogen (secondary N) is 2. The third kappa shape index (κ3) is 11.0. The maximum atomic E-state index is 12.8. The maximum absolute atomic E-state index is 12.8. The van der Waals surface area contributed by atoms with Gasteiger partial charge in [0.25, 0.3) is 0 Å². The highest BCUT2D eigenvalue weighted by molar-refractivity contribution is 8.00. The van der Waals surface area contributed by atoms with Gasteiger partial charge in [-0.25, -0.2) is 9.19 Å². The fraction of sp³-hybridized carbons (Fsp3) is 0.214. The summed E-state index contributed by atoms with van der Waals surface area (Å²) < 4.78 is 29.2. The highest BCUT2D eigenvalue weighted by atomic mass is 32.2. The number of methoxy groups -OCH3 is 2. The van der Waals surface area contributed by atoms with Crippen molar-refractivity contribution in [2.45, 2.75) is 16.7 Å². The van der Waals surface area contributed by atoms with Gasteiger partial charge >= 0.3 is 5.97 Å². The lowest BCUT2D eigenvalue weighted by molar-refractivity contribution is -0.140. The van der Waals surface area contributed by atoms with Crippen LogP contribution in [0.3, 0.4) is 0 Å². The molecule has 54 heavy (non-hydrogen) atoms. The number of hydrogen-bond acceptors (Lipinski definition) is 8. The number of pyridine rings is 1. The van der Waals surface area contributed by atoms with Gasteiger partial charge in [-0.15, -0.1) is 11.8 Å². The molecule has 0 aliphatic rings. The summed E-state index contributed by atoms with van der Waals surface area (Å²) in [7, 11) is 3.26. The molecule has 12 heteroatoms. The van der Waals surface area contributed by atoms with Crippen LogP contribution in [0.2, 0.25) is 0 Å². The van der Waals surface area contributed by atoms with Crippen molar-refractivity contribution in [1.29, 1.82) is 0 Å². The molecule has 0 saturated carbocycles. The van der Waals surface area contributed by atoms with E-state index in [1.807, 2.05) is 42.2 Å². The van der Waals surface area contributed by atoms with Crippen LogP contribution in [0.25, 0.3) is 10.9 Å². The van der Waals surface area contributed by atoms with E-state index in [9.17, 15) is 13.8 Å². The van der Waals surface area contributed by atoms with Gasteiger partial charge in [0, 0.05) is 38.0 Å². The first kappa shape index (κ1) is 41.3. The Morgan fingerprint density at radius 3 is 1.96 bits per heavy atom. The first-order valence-corrected chi connectivity index (χ1v) is 19.3. The Hall–Kier alpha value is -5.43. The van der Waals surface area contributed by atoms with E-state index in [1.54, 1.807) is 36.8 Å². The van der Waals surface area contributed by atoms with E-state index in [0.717, 1.165) is 22.3 Å². The van der Waals surface area contributed by atoms with Crippen LogP contribution in [0, 0.1) is 0 Å². The summed E-state index contributed by atoms with van der Waals surface area (Å²) in [6.07, 6.45) is 3.93. The third-order valence-electron chi connectivity index (χ3n) is 8.03. The van der Waals surface area contributed by atoms with Crippen LogP contribution in [-0.4, -0.2) is 73.3 Å². The highest BCUT2D eigenvalue weighted by Crippen LogP contribution is 2.48.